The minimum atomic E-state index is -3.36. The molecule has 0 saturated heterocycles. The Morgan fingerprint density at radius 3 is 2.52 bits per heavy atom. The number of rotatable bonds is 6. The number of nitrogens with zero attached hydrogens (tertiary/aromatic N) is 2. The van der Waals surface area contributed by atoms with E-state index in [1.54, 1.807) is 29.9 Å². The Morgan fingerprint density at radius 2 is 1.89 bits per heavy atom. The van der Waals surface area contributed by atoms with Crippen LogP contribution in [-0.2, 0) is 16.3 Å². The number of aromatic nitrogens is 2. The molecule has 2 aromatic carbocycles. The van der Waals surface area contributed by atoms with E-state index in [1.165, 1.54) is 6.07 Å². The van der Waals surface area contributed by atoms with E-state index in [-0.39, 0.29) is 10.8 Å². The summed E-state index contributed by atoms with van der Waals surface area (Å²) in [6.45, 7) is 2.17. The Hall–Kier alpha value is -2.93. The smallest absolute Gasteiger partial charge is 0.251 e. The minimum Gasteiger partial charge on any atom is -0.352 e. The molecule has 7 heteroatoms. The van der Waals surface area contributed by atoms with Crippen molar-refractivity contribution in [2.45, 2.75) is 18.2 Å². The number of hydrogen-bond donors (Lipinski definition) is 1. The van der Waals surface area contributed by atoms with Gasteiger partial charge in [-0.1, -0.05) is 18.2 Å². The highest BCUT2D eigenvalue weighted by molar-refractivity contribution is 7.90. The largest absolute Gasteiger partial charge is 0.352 e. The van der Waals surface area contributed by atoms with Crippen LogP contribution in [0.5, 0.6) is 0 Å². The summed E-state index contributed by atoms with van der Waals surface area (Å²) >= 11 is 0. The molecule has 0 fully saturated rings. The quantitative estimate of drug-likeness (QED) is 0.709. The van der Waals surface area contributed by atoms with Crippen molar-refractivity contribution in [2.75, 3.05) is 12.8 Å². The van der Waals surface area contributed by atoms with Crippen LogP contribution < -0.4 is 5.32 Å². The molecule has 0 spiro atoms. The van der Waals surface area contributed by atoms with Crippen LogP contribution >= 0.6 is 0 Å². The number of nitrogens with one attached hydrogen (secondary N) is 1. The summed E-state index contributed by atoms with van der Waals surface area (Å²) in [7, 11) is -3.36. The van der Waals surface area contributed by atoms with Gasteiger partial charge in [-0.3, -0.25) is 4.79 Å². The van der Waals surface area contributed by atoms with Gasteiger partial charge in [-0.05, 0) is 54.8 Å². The van der Waals surface area contributed by atoms with E-state index < -0.39 is 9.84 Å². The summed E-state index contributed by atoms with van der Waals surface area (Å²) in [6, 6.07) is 14.5. The summed E-state index contributed by atoms with van der Waals surface area (Å²) in [5.41, 5.74) is 3.04. The van der Waals surface area contributed by atoms with Crippen molar-refractivity contribution in [3.8, 4) is 5.69 Å². The van der Waals surface area contributed by atoms with Crippen molar-refractivity contribution >= 4 is 15.7 Å². The van der Waals surface area contributed by atoms with E-state index in [4.69, 9.17) is 0 Å². The van der Waals surface area contributed by atoms with Gasteiger partial charge in [-0.2, -0.15) is 5.10 Å². The molecule has 3 aromatic rings. The first-order valence-electron chi connectivity index (χ1n) is 8.52. The van der Waals surface area contributed by atoms with Gasteiger partial charge < -0.3 is 5.32 Å². The molecule has 1 amide bonds. The van der Waals surface area contributed by atoms with Gasteiger partial charge in [0, 0.05) is 30.8 Å². The number of benzene rings is 2. The second-order valence-corrected chi connectivity index (χ2v) is 8.36. The molecule has 0 aliphatic heterocycles. The number of carbonyl (C=O) groups is 1. The van der Waals surface area contributed by atoms with Crippen molar-refractivity contribution in [3.05, 3.63) is 77.6 Å². The van der Waals surface area contributed by atoms with E-state index in [2.05, 4.69) is 10.4 Å². The van der Waals surface area contributed by atoms with Crippen molar-refractivity contribution < 1.29 is 13.2 Å². The maximum atomic E-state index is 12.3. The zero-order valence-corrected chi connectivity index (χ0v) is 16.0. The molecule has 1 N–H and O–H groups in total. The summed E-state index contributed by atoms with van der Waals surface area (Å²) in [5.74, 6) is -0.284. The number of hydrogen-bond acceptors (Lipinski definition) is 4. The second kappa shape index (κ2) is 7.75. The lowest BCUT2D eigenvalue weighted by Crippen LogP contribution is -2.26. The number of carbonyl (C=O) groups excluding carboxylic acids is 1. The monoisotopic (exact) mass is 383 g/mol. The van der Waals surface area contributed by atoms with Gasteiger partial charge in [0.15, 0.2) is 9.84 Å². The van der Waals surface area contributed by atoms with E-state index in [1.807, 2.05) is 36.5 Å². The molecule has 0 unspecified atom stereocenters. The van der Waals surface area contributed by atoms with Gasteiger partial charge in [-0.15, -0.1) is 0 Å². The van der Waals surface area contributed by atoms with E-state index in [0.717, 1.165) is 17.5 Å². The minimum absolute atomic E-state index is 0.185. The molecule has 0 saturated carbocycles. The highest BCUT2D eigenvalue weighted by Gasteiger charge is 2.14. The van der Waals surface area contributed by atoms with Gasteiger partial charge in [0.1, 0.15) is 0 Å². The normalized spacial score (nSPS) is 11.3. The molecule has 0 atom stereocenters. The third-order valence-electron chi connectivity index (χ3n) is 4.25. The zero-order chi connectivity index (χ0) is 19.4. The Morgan fingerprint density at radius 1 is 1.15 bits per heavy atom. The highest BCUT2D eigenvalue weighted by atomic mass is 32.2. The molecule has 1 heterocycles. The Kier molecular flexibility index (Phi) is 5.41. The first-order valence-corrected chi connectivity index (χ1v) is 10.4. The standard InChI is InChI=1S/C20H21N3O3S/c1-15-4-7-17(14-19(15)27(2,25)26)20(24)21-12-10-16-5-8-18(9-6-16)23-13-3-11-22-23/h3-9,11,13-14H,10,12H2,1-2H3,(H,21,24). The van der Waals surface area contributed by atoms with E-state index in [0.29, 0.717) is 24.1 Å². The van der Waals surface area contributed by atoms with Gasteiger partial charge >= 0.3 is 0 Å². The van der Waals surface area contributed by atoms with Gasteiger partial charge in [0.05, 0.1) is 10.6 Å². The van der Waals surface area contributed by atoms with E-state index >= 15 is 0 Å². The lowest BCUT2D eigenvalue weighted by molar-refractivity contribution is 0.0954. The van der Waals surface area contributed by atoms with E-state index in [9.17, 15) is 13.2 Å². The maximum Gasteiger partial charge on any atom is 0.251 e. The predicted octanol–water partition coefficient (Wildman–Crippen LogP) is 2.56. The molecule has 6 nitrogen and oxygen atoms in total. The second-order valence-electron chi connectivity index (χ2n) is 6.38. The first kappa shape index (κ1) is 18.8. The topological polar surface area (TPSA) is 81.1 Å². The average Bonchev–Trinajstić information content (AvgIpc) is 3.16. The van der Waals surface area contributed by atoms with Crippen molar-refractivity contribution in [1.82, 2.24) is 15.1 Å². The Bertz CT molecular complexity index is 1040. The summed E-state index contributed by atoms with van der Waals surface area (Å²) in [6.07, 6.45) is 5.42. The molecule has 0 radical (unpaired) electrons. The number of aryl methyl sites for hydroxylation is 1. The Balaban J connectivity index is 1.60. The van der Waals surface area contributed by atoms with Crippen LogP contribution in [0.4, 0.5) is 0 Å². The summed E-state index contributed by atoms with van der Waals surface area (Å²) in [5, 5.41) is 7.02. The Labute approximate surface area is 158 Å². The predicted molar refractivity (Wildman–Crippen MR) is 104 cm³/mol. The number of amides is 1. The third-order valence-corrected chi connectivity index (χ3v) is 5.49. The highest BCUT2D eigenvalue weighted by Crippen LogP contribution is 2.17. The maximum absolute atomic E-state index is 12.3. The van der Waals surface area contributed by atoms with Gasteiger partial charge in [0.2, 0.25) is 0 Å². The van der Waals surface area contributed by atoms with Crippen LogP contribution in [0.1, 0.15) is 21.5 Å². The van der Waals surface area contributed by atoms with Gasteiger partial charge in [0.25, 0.3) is 5.91 Å². The van der Waals surface area contributed by atoms with Crippen LogP contribution in [0.25, 0.3) is 5.69 Å². The van der Waals surface area contributed by atoms with Crippen LogP contribution in [-0.4, -0.2) is 36.9 Å². The van der Waals surface area contributed by atoms with Crippen LogP contribution in [0.3, 0.4) is 0 Å². The molecule has 1 aromatic heterocycles. The molecular weight excluding hydrogens is 362 g/mol. The van der Waals surface area contributed by atoms with Crippen LogP contribution in [0.15, 0.2) is 65.8 Å². The first-order chi connectivity index (χ1) is 12.8. The molecule has 0 bridgehead atoms. The molecule has 27 heavy (non-hydrogen) atoms. The molecular formula is C20H21N3O3S. The van der Waals surface area contributed by atoms with Crippen molar-refractivity contribution in [2.24, 2.45) is 0 Å². The molecule has 0 aliphatic carbocycles. The zero-order valence-electron chi connectivity index (χ0n) is 15.2. The van der Waals surface area contributed by atoms with Crippen molar-refractivity contribution in [1.29, 1.82) is 0 Å². The van der Waals surface area contributed by atoms with Crippen LogP contribution in [0.2, 0.25) is 0 Å². The fourth-order valence-corrected chi connectivity index (χ4v) is 3.79. The van der Waals surface area contributed by atoms with Crippen LogP contribution in [0, 0.1) is 6.92 Å². The average molecular weight is 383 g/mol. The fourth-order valence-electron chi connectivity index (χ4n) is 2.80. The molecule has 140 valence electrons. The SMILES string of the molecule is Cc1ccc(C(=O)NCCc2ccc(-n3cccn3)cc2)cc1S(C)(=O)=O. The molecule has 3 rings (SSSR count). The third kappa shape index (κ3) is 4.62. The van der Waals surface area contributed by atoms with Gasteiger partial charge in [-0.25, -0.2) is 13.1 Å². The summed E-state index contributed by atoms with van der Waals surface area (Å²) < 4.78 is 25.4. The lowest BCUT2D eigenvalue weighted by atomic mass is 10.1. The lowest BCUT2D eigenvalue weighted by Gasteiger charge is -2.09. The fraction of sp³-hybridized carbons (Fsp3) is 0.200. The molecule has 0 aliphatic rings. The summed E-state index contributed by atoms with van der Waals surface area (Å²) in [4.78, 5) is 12.5. The number of sulfone groups is 1. The van der Waals surface area contributed by atoms with Crippen molar-refractivity contribution in [3.63, 3.8) is 0 Å².